The third-order valence-corrected chi connectivity index (χ3v) is 2.71. The van der Waals surface area contributed by atoms with Crippen molar-refractivity contribution in [1.82, 2.24) is 0 Å². The Balaban J connectivity index is 4.59. The van der Waals surface area contributed by atoms with Gasteiger partial charge in [-0.15, -0.1) is 0 Å². The second kappa shape index (κ2) is 12.9. The lowest BCUT2D eigenvalue weighted by atomic mass is 10.2. The average Bonchev–Trinajstić information content (AvgIpc) is 2.55. The maximum atomic E-state index is 11.9. The maximum Gasteiger partial charge on any atom is 0.333 e. The molecule has 28 heavy (non-hydrogen) atoms. The van der Waals surface area contributed by atoms with Crippen LogP contribution >= 0.6 is 0 Å². The summed E-state index contributed by atoms with van der Waals surface area (Å²) in [6.07, 6.45) is 2.57. The van der Waals surface area contributed by atoms with E-state index in [0.29, 0.717) is 12.8 Å². The number of rotatable bonds is 12. The molecule has 2 unspecified atom stereocenters. The molecule has 0 fully saturated rings. The molecule has 0 aromatic rings. The van der Waals surface area contributed by atoms with Gasteiger partial charge in [0.2, 0.25) is 12.6 Å². The summed E-state index contributed by atoms with van der Waals surface area (Å²) >= 11 is 0. The first-order chi connectivity index (χ1) is 12.9. The van der Waals surface area contributed by atoms with E-state index in [4.69, 9.17) is 29.0 Å². The van der Waals surface area contributed by atoms with Crippen molar-refractivity contribution in [2.75, 3.05) is 0 Å². The van der Waals surface area contributed by atoms with Crippen LogP contribution in [0, 0.1) is 0 Å². The zero-order chi connectivity index (χ0) is 21.8. The highest BCUT2D eigenvalue weighted by molar-refractivity contribution is 5.91. The van der Waals surface area contributed by atoms with E-state index in [1.54, 1.807) is 0 Å². The van der Waals surface area contributed by atoms with E-state index in [0.717, 1.165) is 25.0 Å². The molecule has 8 heteroatoms. The van der Waals surface area contributed by atoms with E-state index in [2.05, 4.69) is 0 Å². The zero-order valence-corrected chi connectivity index (χ0v) is 18.4. The summed E-state index contributed by atoms with van der Waals surface area (Å²) in [4.78, 5) is 44.5. The van der Waals surface area contributed by atoms with E-state index in [-0.39, 0.29) is 0 Å². The minimum Gasteiger partial charge on any atom is -0.430 e. The Morgan fingerprint density at radius 2 is 1.04 bits per heavy atom. The molecule has 0 aliphatic carbocycles. The summed E-state index contributed by atoms with van der Waals surface area (Å²) in [5.74, 6) is -1.49. The molecule has 0 aliphatic heterocycles. The Morgan fingerprint density at radius 1 is 0.714 bits per heavy atom. The van der Waals surface area contributed by atoms with Gasteiger partial charge in [0, 0.05) is 25.0 Å². The van der Waals surface area contributed by atoms with Gasteiger partial charge in [-0.2, -0.15) is 9.78 Å². The molecule has 0 heterocycles. The van der Waals surface area contributed by atoms with Gasteiger partial charge >= 0.3 is 11.9 Å². The fraction of sp³-hybridized carbons (Fsp3) is 0.800. The molecule has 0 saturated carbocycles. The molecular formula is C20H36O8. The van der Waals surface area contributed by atoms with Crippen LogP contribution < -0.4 is 0 Å². The van der Waals surface area contributed by atoms with E-state index >= 15 is 0 Å². The monoisotopic (exact) mass is 404 g/mol. The van der Waals surface area contributed by atoms with Crippen LogP contribution in [0.4, 0.5) is 0 Å². The molecule has 8 nitrogen and oxygen atoms in total. The summed E-state index contributed by atoms with van der Waals surface area (Å²) in [6, 6.07) is 0. The third kappa shape index (κ3) is 15.6. The summed E-state index contributed by atoms with van der Waals surface area (Å²) in [5, 5.41) is 0. The van der Waals surface area contributed by atoms with Gasteiger partial charge in [-0.25, -0.2) is 19.4 Å². The predicted molar refractivity (Wildman–Crippen MR) is 103 cm³/mol. The molecule has 0 amide bonds. The zero-order valence-electron chi connectivity index (χ0n) is 18.4. The smallest absolute Gasteiger partial charge is 0.333 e. The van der Waals surface area contributed by atoms with Gasteiger partial charge in [-0.05, 0) is 41.5 Å². The SMILES string of the molecule is CCCC(OOC(C)(C)C)OC(=O)/C=C/C(=O)OC(CCC)OOC(C)(C)C. The summed E-state index contributed by atoms with van der Waals surface area (Å²) in [7, 11) is 0. The van der Waals surface area contributed by atoms with Crippen molar-refractivity contribution in [2.24, 2.45) is 0 Å². The van der Waals surface area contributed by atoms with Gasteiger partial charge in [0.25, 0.3) is 0 Å². The fourth-order valence-electron chi connectivity index (χ4n) is 1.59. The van der Waals surface area contributed by atoms with Crippen molar-refractivity contribution in [3.05, 3.63) is 12.2 Å². The van der Waals surface area contributed by atoms with Gasteiger partial charge in [-0.3, -0.25) is 0 Å². The summed E-state index contributed by atoms with van der Waals surface area (Å²) in [6.45, 7) is 14.7. The molecule has 0 aromatic heterocycles. The van der Waals surface area contributed by atoms with Crippen molar-refractivity contribution in [2.45, 2.75) is 105 Å². The Labute approximate surface area is 168 Å². The second-order valence-electron chi connectivity index (χ2n) is 8.23. The Bertz CT molecular complexity index is 443. The highest BCUT2D eigenvalue weighted by atomic mass is 17.2. The van der Waals surface area contributed by atoms with Crippen molar-refractivity contribution in [1.29, 1.82) is 0 Å². The minimum absolute atomic E-state index is 0.455. The molecule has 0 N–H and O–H groups in total. The number of esters is 2. The molecule has 0 bridgehead atoms. The van der Waals surface area contributed by atoms with Crippen LogP contribution in [-0.2, 0) is 38.6 Å². The van der Waals surface area contributed by atoms with Crippen molar-refractivity contribution in [3.8, 4) is 0 Å². The molecule has 0 rings (SSSR count). The van der Waals surface area contributed by atoms with Crippen molar-refractivity contribution in [3.63, 3.8) is 0 Å². The third-order valence-electron chi connectivity index (χ3n) is 2.71. The molecule has 0 radical (unpaired) electrons. The molecule has 0 spiro atoms. The molecule has 0 aromatic carbocycles. The predicted octanol–water partition coefficient (Wildman–Crippen LogP) is 4.37. The molecule has 0 saturated heterocycles. The largest absolute Gasteiger partial charge is 0.430 e. The first-order valence-corrected chi connectivity index (χ1v) is 9.64. The van der Waals surface area contributed by atoms with Crippen LogP contribution in [0.3, 0.4) is 0 Å². The van der Waals surface area contributed by atoms with Gasteiger partial charge < -0.3 is 9.47 Å². The summed E-state index contributed by atoms with van der Waals surface area (Å²) < 4.78 is 10.3. The van der Waals surface area contributed by atoms with Gasteiger partial charge in [0.1, 0.15) is 0 Å². The number of hydrogen-bond donors (Lipinski definition) is 0. The molecule has 164 valence electrons. The molecule has 2 atom stereocenters. The van der Waals surface area contributed by atoms with Crippen LogP contribution in [0.2, 0.25) is 0 Å². The molecule has 0 aliphatic rings. The Kier molecular flexibility index (Phi) is 12.2. The number of hydrogen-bond acceptors (Lipinski definition) is 8. The average molecular weight is 405 g/mol. The minimum atomic E-state index is -0.867. The van der Waals surface area contributed by atoms with Crippen molar-refractivity contribution < 1.29 is 38.6 Å². The van der Waals surface area contributed by atoms with E-state index in [1.807, 2.05) is 55.4 Å². The van der Waals surface area contributed by atoms with Crippen LogP contribution in [-0.4, -0.2) is 35.7 Å². The van der Waals surface area contributed by atoms with Crippen LogP contribution in [0.15, 0.2) is 12.2 Å². The van der Waals surface area contributed by atoms with E-state index in [1.165, 1.54) is 0 Å². The quantitative estimate of drug-likeness (QED) is 0.156. The lowest BCUT2D eigenvalue weighted by Crippen LogP contribution is -2.28. The van der Waals surface area contributed by atoms with Crippen LogP contribution in [0.5, 0.6) is 0 Å². The lowest BCUT2D eigenvalue weighted by Gasteiger charge is -2.22. The van der Waals surface area contributed by atoms with Gasteiger partial charge in [0.05, 0.1) is 11.2 Å². The van der Waals surface area contributed by atoms with E-state index < -0.39 is 35.7 Å². The van der Waals surface area contributed by atoms with Gasteiger partial charge in [0.15, 0.2) is 0 Å². The Hall–Kier alpha value is -1.48. The lowest BCUT2D eigenvalue weighted by molar-refractivity contribution is -0.409. The van der Waals surface area contributed by atoms with Crippen LogP contribution in [0.1, 0.15) is 81.1 Å². The highest BCUT2D eigenvalue weighted by Gasteiger charge is 2.21. The van der Waals surface area contributed by atoms with Crippen LogP contribution in [0.25, 0.3) is 0 Å². The fourth-order valence-corrected chi connectivity index (χ4v) is 1.59. The first kappa shape index (κ1) is 26.5. The Morgan fingerprint density at radius 3 is 1.29 bits per heavy atom. The molecular weight excluding hydrogens is 368 g/mol. The number of carbonyl (C=O) groups excluding carboxylic acids is 2. The normalized spacial score (nSPS) is 14.7. The number of ether oxygens (including phenoxy) is 2. The topological polar surface area (TPSA) is 89.5 Å². The van der Waals surface area contributed by atoms with Crippen molar-refractivity contribution >= 4 is 11.9 Å². The first-order valence-electron chi connectivity index (χ1n) is 9.64. The highest BCUT2D eigenvalue weighted by Crippen LogP contribution is 2.14. The summed E-state index contributed by atoms with van der Waals surface area (Å²) in [5.41, 5.74) is -1.08. The maximum absolute atomic E-state index is 11.9. The van der Waals surface area contributed by atoms with Gasteiger partial charge in [-0.1, -0.05) is 26.7 Å². The number of carbonyl (C=O) groups is 2. The second-order valence-corrected chi connectivity index (χ2v) is 8.23. The van der Waals surface area contributed by atoms with E-state index in [9.17, 15) is 9.59 Å². The standard InChI is InChI=1S/C20H36O8/c1-9-11-17(25-27-19(3,4)5)23-15(21)13-14-16(22)24-18(12-10-2)26-28-20(6,7)8/h13-14,17-18H,9-12H2,1-8H3/b14-13+.